The standard InChI is InChI=1S/C51H30N4S2/c1-3-14-31(15-4-1)35-21-13-22-39-41-29-34(55-43-23-10-7-18-36(43)37-19-8-11-24-44(37)55)30-42(48(41)57-47(35)39)51-53-49(32-16-5-2-6-17-32)52-50(54-51)33-26-27-46-40(28-33)38-20-9-12-25-45(38)56-46/h1-30H. The van der Waals surface area contributed by atoms with Gasteiger partial charge in [0.25, 0.3) is 0 Å². The van der Waals surface area contributed by atoms with Gasteiger partial charge in [0.1, 0.15) is 0 Å². The molecule has 6 heteroatoms. The maximum atomic E-state index is 5.40. The van der Waals surface area contributed by atoms with Crippen LogP contribution in [0.15, 0.2) is 182 Å². The van der Waals surface area contributed by atoms with Crippen LogP contribution in [0.3, 0.4) is 0 Å². The normalized spacial score (nSPS) is 11.9. The van der Waals surface area contributed by atoms with Crippen molar-refractivity contribution in [3.63, 3.8) is 0 Å². The molecule has 4 nitrogen and oxygen atoms in total. The van der Waals surface area contributed by atoms with Gasteiger partial charge in [-0.05, 0) is 59.7 Å². The lowest BCUT2D eigenvalue weighted by atomic mass is 10.0. The van der Waals surface area contributed by atoms with E-state index in [1.54, 1.807) is 0 Å². The number of fused-ring (bicyclic) bond motifs is 9. The lowest BCUT2D eigenvalue weighted by molar-refractivity contribution is 1.08. The molecule has 0 fully saturated rings. The Bertz CT molecular complexity index is 3470. The summed E-state index contributed by atoms with van der Waals surface area (Å²) in [5.74, 6) is 1.94. The zero-order chi connectivity index (χ0) is 37.5. The highest BCUT2D eigenvalue weighted by molar-refractivity contribution is 7.27. The summed E-state index contributed by atoms with van der Waals surface area (Å²) in [6.07, 6.45) is 0. The van der Waals surface area contributed by atoms with Crippen LogP contribution in [0, 0.1) is 0 Å². The predicted molar refractivity (Wildman–Crippen MR) is 242 cm³/mol. The molecule has 0 aliphatic rings. The van der Waals surface area contributed by atoms with Gasteiger partial charge in [-0.15, -0.1) is 22.7 Å². The van der Waals surface area contributed by atoms with Crippen LogP contribution < -0.4 is 0 Å². The summed E-state index contributed by atoms with van der Waals surface area (Å²) in [5, 5.41) is 7.30. The van der Waals surface area contributed by atoms with Gasteiger partial charge in [0, 0.05) is 73.5 Å². The highest BCUT2D eigenvalue weighted by Crippen LogP contribution is 2.46. The molecular formula is C51H30N4S2. The van der Waals surface area contributed by atoms with Crippen LogP contribution in [0.4, 0.5) is 0 Å². The van der Waals surface area contributed by atoms with Gasteiger partial charge in [0.15, 0.2) is 17.5 Å². The van der Waals surface area contributed by atoms with Crippen molar-refractivity contribution in [2.45, 2.75) is 0 Å². The minimum Gasteiger partial charge on any atom is -0.309 e. The van der Waals surface area contributed by atoms with Crippen LogP contribution in [-0.2, 0) is 0 Å². The number of aromatic nitrogens is 4. The number of rotatable bonds is 5. The molecule has 0 radical (unpaired) electrons. The van der Waals surface area contributed by atoms with Gasteiger partial charge in [-0.1, -0.05) is 133 Å². The Morgan fingerprint density at radius 3 is 1.67 bits per heavy atom. The molecule has 0 aliphatic carbocycles. The van der Waals surface area contributed by atoms with E-state index < -0.39 is 0 Å². The zero-order valence-corrected chi connectivity index (χ0v) is 32.1. The molecule has 266 valence electrons. The predicted octanol–water partition coefficient (Wildman–Crippen LogP) is 14.4. The quantitative estimate of drug-likeness (QED) is 0.175. The Hall–Kier alpha value is -6.99. The van der Waals surface area contributed by atoms with E-state index in [2.05, 4.69) is 168 Å². The average molecular weight is 763 g/mol. The van der Waals surface area contributed by atoms with E-state index in [4.69, 9.17) is 15.0 Å². The van der Waals surface area contributed by atoms with Crippen molar-refractivity contribution in [2.75, 3.05) is 0 Å². The maximum Gasteiger partial charge on any atom is 0.165 e. The Labute approximate surface area is 335 Å². The first-order chi connectivity index (χ1) is 28.2. The molecule has 12 aromatic rings. The topological polar surface area (TPSA) is 43.6 Å². The molecule has 8 aromatic carbocycles. The fourth-order valence-electron chi connectivity index (χ4n) is 8.43. The van der Waals surface area contributed by atoms with E-state index in [0.29, 0.717) is 17.5 Å². The third-order valence-electron chi connectivity index (χ3n) is 11.0. The largest absolute Gasteiger partial charge is 0.309 e. The van der Waals surface area contributed by atoms with Crippen LogP contribution in [0.2, 0.25) is 0 Å². The summed E-state index contributed by atoms with van der Waals surface area (Å²) in [7, 11) is 0. The summed E-state index contributed by atoms with van der Waals surface area (Å²) < 4.78 is 7.31. The molecule has 0 bridgehead atoms. The Kier molecular flexibility index (Phi) is 7.24. The molecule has 0 unspecified atom stereocenters. The summed E-state index contributed by atoms with van der Waals surface area (Å²) in [5.41, 5.74) is 8.69. The molecule has 12 rings (SSSR count). The molecule has 0 N–H and O–H groups in total. The van der Waals surface area contributed by atoms with Gasteiger partial charge < -0.3 is 4.57 Å². The monoisotopic (exact) mass is 762 g/mol. The second-order valence-electron chi connectivity index (χ2n) is 14.4. The maximum absolute atomic E-state index is 5.40. The van der Waals surface area contributed by atoms with Crippen LogP contribution in [0.5, 0.6) is 0 Å². The van der Waals surface area contributed by atoms with Crippen LogP contribution >= 0.6 is 22.7 Å². The summed E-state index contributed by atoms with van der Waals surface area (Å²) >= 11 is 3.63. The molecular weight excluding hydrogens is 733 g/mol. The summed E-state index contributed by atoms with van der Waals surface area (Å²) in [6, 6.07) is 64.9. The molecule has 57 heavy (non-hydrogen) atoms. The fourth-order valence-corrected chi connectivity index (χ4v) is 10.8. The third-order valence-corrected chi connectivity index (χ3v) is 13.5. The first kappa shape index (κ1) is 32.3. The second-order valence-corrected chi connectivity index (χ2v) is 16.5. The van der Waals surface area contributed by atoms with E-state index >= 15 is 0 Å². The number of hydrogen-bond donors (Lipinski definition) is 0. The van der Waals surface area contributed by atoms with Gasteiger partial charge in [0.2, 0.25) is 0 Å². The molecule has 0 saturated heterocycles. The zero-order valence-electron chi connectivity index (χ0n) is 30.4. The van der Waals surface area contributed by atoms with E-state index in [1.165, 1.54) is 57.5 Å². The molecule has 0 saturated carbocycles. The van der Waals surface area contributed by atoms with Crippen LogP contribution in [0.1, 0.15) is 0 Å². The van der Waals surface area contributed by atoms with Gasteiger partial charge >= 0.3 is 0 Å². The molecule has 0 aliphatic heterocycles. The molecule has 4 heterocycles. The number of hydrogen-bond acceptors (Lipinski definition) is 5. The third kappa shape index (κ3) is 5.15. The van der Waals surface area contributed by atoms with Crippen molar-refractivity contribution < 1.29 is 0 Å². The van der Waals surface area contributed by atoms with Crippen molar-refractivity contribution in [1.29, 1.82) is 0 Å². The van der Waals surface area contributed by atoms with E-state index in [0.717, 1.165) is 38.1 Å². The Balaban J connectivity index is 1.18. The highest BCUT2D eigenvalue weighted by atomic mass is 32.1. The van der Waals surface area contributed by atoms with Crippen LogP contribution in [-0.4, -0.2) is 19.5 Å². The lowest BCUT2D eigenvalue weighted by Gasteiger charge is -2.13. The molecule has 0 amide bonds. The first-order valence-electron chi connectivity index (χ1n) is 19.0. The van der Waals surface area contributed by atoms with E-state index in [9.17, 15) is 0 Å². The fraction of sp³-hybridized carbons (Fsp3) is 0. The van der Waals surface area contributed by atoms with Gasteiger partial charge in [0.05, 0.1) is 11.0 Å². The van der Waals surface area contributed by atoms with Crippen molar-refractivity contribution in [3.05, 3.63) is 182 Å². The SMILES string of the molecule is c1ccc(-c2nc(-c3ccc4sc5ccccc5c4c3)nc(-c3cc(-n4c5ccccc5c5ccccc54)cc4c3sc3c(-c5ccccc5)cccc34)n2)cc1. The van der Waals surface area contributed by atoms with E-state index in [-0.39, 0.29) is 0 Å². The molecule has 0 atom stereocenters. The van der Waals surface area contributed by atoms with Gasteiger partial charge in [-0.2, -0.15) is 0 Å². The van der Waals surface area contributed by atoms with Crippen molar-refractivity contribution in [2.24, 2.45) is 0 Å². The van der Waals surface area contributed by atoms with E-state index in [1.807, 2.05) is 40.9 Å². The van der Waals surface area contributed by atoms with Crippen molar-refractivity contribution in [1.82, 2.24) is 19.5 Å². The number of thiophene rings is 2. The summed E-state index contributed by atoms with van der Waals surface area (Å²) in [6.45, 7) is 0. The van der Waals surface area contributed by atoms with Gasteiger partial charge in [-0.25, -0.2) is 15.0 Å². The first-order valence-corrected chi connectivity index (χ1v) is 20.7. The Morgan fingerprint density at radius 1 is 0.333 bits per heavy atom. The minimum atomic E-state index is 0.646. The smallest absolute Gasteiger partial charge is 0.165 e. The molecule has 0 spiro atoms. The second kappa shape index (κ2) is 12.8. The summed E-state index contributed by atoms with van der Waals surface area (Å²) in [4.78, 5) is 15.9. The van der Waals surface area contributed by atoms with Crippen molar-refractivity contribution in [3.8, 4) is 51.0 Å². The molecule has 4 aromatic heterocycles. The highest BCUT2D eigenvalue weighted by Gasteiger charge is 2.22. The number of para-hydroxylation sites is 2. The van der Waals surface area contributed by atoms with Crippen LogP contribution in [0.25, 0.3) is 113 Å². The lowest BCUT2D eigenvalue weighted by Crippen LogP contribution is -2.01. The number of nitrogens with zero attached hydrogens (tertiary/aromatic N) is 4. The minimum absolute atomic E-state index is 0.646. The number of benzene rings is 8. The average Bonchev–Trinajstić information content (AvgIpc) is 3.96. The Morgan fingerprint density at radius 2 is 0.912 bits per heavy atom. The van der Waals surface area contributed by atoms with Crippen molar-refractivity contribution >= 4 is 84.8 Å². The van der Waals surface area contributed by atoms with Gasteiger partial charge in [-0.3, -0.25) is 0 Å².